The van der Waals surface area contributed by atoms with Gasteiger partial charge in [0.25, 0.3) is 0 Å². The van der Waals surface area contributed by atoms with Gasteiger partial charge in [-0.15, -0.1) is 0 Å². The highest BCUT2D eigenvalue weighted by molar-refractivity contribution is 14.1. The van der Waals surface area contributed by atoms with E-state index >= 15 is 0 Å². The zero-order valence-corrected chi connectivity index (χ0v) is 17.9. The van der Waals surface area contributed by atoms with Crippen LogP contribution in [0.3, 0.4) is 0 Å². The van der Waals surface area contributed by atoms with Gasteiger partial charge in [0.2, 0.25) is 0 Å². The maximum Gasteiger partial charge on any atom is 0.128 e. The van der Waals surface area contributed by atoms with E-state index in [-0.39, 0.29) is 0 Å². The summed E-state index contributed by atoms with van der Waals surface area (Å²) in [5.41, 5.74) is 16.8. The van der Waals surface area contributed by atoms with Gasteiger partial charge in [-0.3, -0.25) is 0 Å². The molecule has 0 fully saturated rings. The van der Waals surface area contributed by atoms with Crippen molar-refractivity contribution in [2.24, 2.45) is 17.2 Å². The Morgan fingerprint density at radius 1 is 0.800 bits per heavy atom. The fourth-order valence-electron chi connectivity index (χ4n) is 2.07. The highest BCUT2D eigenvalue weighted by Crippen LogP contribution is 2.28. The van der Waals surface area contributed by atoms with E-state index in [0.29, 0.717) is 17.4 Å². The molecule has 0 atom stereocenters. The summed E-state index contributed by atoms with van der Waals surface area (Å²) in [5, 5.41) is 19.3. The maximum atomic E-state index is 9.82. The van der Waals surface area contributed by atoms with Gasteiger partial charge in [-0.05, 0) is 91.0 Å². The van der Waals surface area contributed by atoms with Crippen LogP contribution >= 0.6 is 22.6 Å². The summed E-state index contributed by atoms with van der Waals surface area (Å²) in [7, 11) is 4.50. The first-order valence-corrected chi connectivity index (χ1v) is 9.07. The van der Waals surface area contributed by atoms with Gasteiger partial charge in [-0.2, -0.15) is 0 Å². The lowest BCUT2D eigenvalue weighted by molar-refractivity contribution is 0.464. The number of phenols is 2. The molecule has 0 amide bonds. The van der Waals surface area contributed by atoms with Crippen LogP contribution in [-0.4, -0.2) is 31.4 Å². The summed E-state index contributed by atoms with van der Waals surface area (Å²) < 4.78 is 0.859. The van der Waals surface area contributed by atoms with E-state index < -0.39 is 0 Å². The van der Waals surface area contributed by atoms with Crippen LogP contribution in [0.5, 0.6) is 11.5 Å². The molecule has 0 spiro atoms. The molecule has 0 aromatic heterocycles. The third-order valence-corrected chi connectivity index (χ3v) is 4.00. The molecule has 2 rings (SSSR count). The Labute approximate surface area is 165 Å². The normalized spacial score (nSPS) is 9.04. The average Bonchev–Trinajstić information content (AvgIpc) is 2.64. The second-order valence-corrected chi connectivity index (χ2v) is 6.17. The largest absolute Gasteiger partial charge is 0.508 e. The Balaban J connectivity index is 0. The molecule has 142 valence electrons. The van der Waals surface area contributed by atoms with E-state index in [1.165, 1.54) is 26.7 Å². The van der Waals surface area contributed by atoms with Gasteiger partial charge in [-0.25, -0.2) is 0 Å². The van der Waals surface area contributed by atoms with Gasteiger partial charge in [0, 0.05) is 0 Å². The first-order valence-electron chi connectivity index (χ1n) is 7.99. The second-order valence-electron chi connectivity index (χ2n) is 5.01. The standard InChI is InChI=1S/C16H17IO2.3CH5N/c1-10(2)13-8-11(3-5-15(13)18)7-12-4-6-16(19)14(17)9-12;3*1-2/h3-6,8-10,18-19H,7H2,1-2H3;3*2H2,1H3. The van der Waals surface area contributed by atoms with E-state index in [1.54, 1.807) is 12.1 Å². The molecular formula is C19H32IN3O2. The second kappa shape index (κ2) is 14.9. The molecule has 0 aliphatic rings. The van der Waals surface area contributed by atoms with Crippen LogP contribution in [0, 0.1) is 3.57 Å². The van der Waals surface area contributed by atoms with Crippen molar-refractivity contribution < 1.29 is 10.2 Å². The van der Waals surface area contributed by atoms with E-state index in [4.69, 9.17) is 0 Å². The minimum Gasteiger partial charge on any atom is -0.508 e. The monoisotopic (exact) mass is 461 g/mol. The summed E-state index contributed by atoms with van der Waals surface area (Å²) in [5.74, 6) is 0.983. The van der Waals surface area contributed by atoms with Crippen molar-refractivity contribution in [3.63, 3.8) is 0 Å². The number of hydrogen-bond acceptors (Lipinski definition) is 5. The van der Waals surface area contributed by atoms with Crippen LogP contribution in [0.4, 0.5) is 0 Å². The molecule has 6 heteroatoms. The first-order chi connectivity index (χ1) is 12.0. The number of hydrogen-bond donors (Lipinski definition) is 5. The topological polar surface area (TPSA) is 119 Å². The number of aromatic hydroxyl groups is 2. The van der Waals surface area contributed by atoms with E-state index in [1.807, 2.05) is 18.2 Å². The third-order valence-electron chi connectivity index (χ3n) is 3.13. The number of nitrogens with two attached hydrogens (primary N) is 3. The Kier molecular flexibility index (Phi) is 15.5. The Morgan fingerprint density at radius 2 is 1.24 bits per heavy atom. The van der Waals surface area contributed by atoms with Gasteiger partial charge >= 0.3 is 0 Å². The molecule has 0 aliphatic heterocycles. The lowest BCUT2D eigenvalue weighted by Crippen LogP contribution is -1.94. The predicted octanol–water partition coefficient (Wildman–Crippen LogP) is 3.14. The maximum absolute atomic E-state index is 9.82. The van der Waals surface area contributed by atoms with Crippen LogP contribution < -0.4 is 17.2 Å². The van der Waals surface area contributed by atoms with E-state index in [9.17, 15) is 10.2 Å². The van der Waals surface area contributed by atoms with Gasteiger partial charge in [0.05, 0.1) is 3.57 Å². The Bertz CT molecular complexity index is 605. The van der Waals surface area contributed by atoms with Crippen molar-refractivity contribution >= 4 is 22.6 Å². The fourth-order valence-corrected chi connectivity index (χ4v) is 2.65. The van der Waals surface area contributed by atoms with Crippen molar-refractivity contribution in [1.82, 2.24) is 0 Å². The van der Waals surface area contributed by atoms with Gasteiger partial charge < -0.3 is 27.4 Å². The Hall–Kier alpha value is -1.35. The minimum atomic E-state index is 0.305. The predicted molar refractivity (Wildman–Crippen MR) is 116 cm³/mol. The summed E-state index contributed by atoms with van der Waals surface area (Å²) >= 11 is 2.13. The Morgan fingerprint density at radius 3 is 1.68 bits per heavy atom. The van der Waals surface area contributed by atoms with Crippen molar-refractivity contribution in [2.45, 2.75) is 26.2 Å². The highest BCUT2D eigenvalue weighted by atomic mass is 127. The molecule has 0 unspecified atom stereocenters. The summed E-state index contributed by atoms with van der Waals surface area (Å²) in [6, 6.07) is 11.4. The van der Waals surface area contributed by atoms with Gasteiger partial charge in [0.15, 0.2) is 0 Å². The molecular weight excluding hydrogens is 429 g/mol. The number of halogens is 1. The molecule has 25 heavy (non-hydrogen) atoms. The smallest absolute Gasteiger partial charge is 0.128 e. The van der Waals surface area contributed by atoms with Crippen molar-refractivity contribution in [2.75, 3.05) is 21.1 Å². The summed E-state index contributed by atoms with van der Waals surface area (Å²) in [4.78, 5) is 0. The van der Waals surface area contributed by atoms with E-state index in [2.05, 4.69) is 59.7 Å². The quantitative estimate of drug-likeness (QED) is 0.450. The summed E-state index contributed by atoms with van der Waals surface area (Å²) in [6.45, 7) is 4.14. The van der Waals surface area contributed by atoms with Gasteiger partial charge in [0.1, 0.15) is 11.5 Å². The van der Waals surface area contributed by atoms with Crippen molar-refractivity contribution in [3.8, 4) is 11.5 Å². The lowest BCUT2D eigenvalue weighted by atomic mass is 9.96. The number of phenolic OH excluding ortho intramolecular Hbond substituents is 2. The average molecular weight is 461 g/mol. The van der Waals surface area contributed by atoms with E-state index in [0.717, 1.165) is 21.1 Å². The molecule has 2 aromatic carbocycles. The highest BCUT2D eigenvalue weighted by Gasteiger charge is 2.08. The first kappa shape index (κ1) is 25.9. The number of benzene rings is 2. The molecule has 0 bridgehead atoms. The SMILES string of the molecule is CC(C)c1cc(Cc2ccc(O)c(I)c2)ccc1O.CN.CN.CN. The fraction of sp³-hybridized carbons (Fsp3) is 0.368. The van der Waals surface area contributed by atoms with Crippen LogP contribution in [-0.2, 0) is 6.42 Å². The van der Waals surface area contributed by atoms with Gasteiger partial charge in [-0.1, -0.05) is 32.0 Å². The molecule has 8 N–H and O–H groups in total. The van der Waals surface area contributed by atoms with Crippen LogP contribution in [0.15, 0.2) is 36.4 Å². The lowest BCUT2D eigenvalue weighted by Gasteiger charge is -2.11. The zero-order valence-electron chi connectivity index (χ0n) is 15.8. The van der Waals surface area contributed by atoms with Crippen LogP contribution in [0.2, 0.25) is 0 Å². The molecule has 2 aromatic rings. The molecule has 0 saturated heterocycles. The van der Waals surface area contributed by atoms with Crippen molar-refractivity contribution in [1.29, 1.82) is 0 Å². The molecule has 0 radical (unpaired) electrons. The summed E-state index contributed by atoms with van der Waals surface area (Å²) in [6.07, 6.45) is 0.802. The molecule has 0 heterocycles. The molecule has 0 saturated carbocycles. The minimum absolute atomic E-state index is 0.305. The number of rotatable bonds is 3. The van der Waals surface area contributed by atoms with Crippen molar-refractivity contribution in [3.05, 3.63) is 56.7 Å². The molecule has 0 aliphatic carbocycles. The van der Waals surface area contributed by atoms with Crippen LogP contribution in [0.25, 0.3) is 0 Å². The zero-order chi connectivity index (χ0) is 20.0. The third kappa shape index (κ3) is 9.06. The van der Waals surface area contributed by atoms with Crippen LogP contribution in [0.1, 0.15) is 36.5 Å². The molecule has 5 nitrogen and oxygen atoms in total.